The monoisotopic (exact) mass is 341 g/mol. The van der Waals surface area contributed by atoms with E-state index in [1.807, 2.05) is 23.1 Å². The van der Waals surface area contributed by atoms with E-state index < -0.39 is 0 Å². The van der Waals surface area contributed by atoms with Gasteiger partial charge in [-0.2, -0.15) is 0 Å². The number of likely N-dealkylation sites (tertiary alicyclic amines) is 2. The van der Waals surface area contributed by atoms with Gasteiger partial charge in [0.2, 0.25) is 11.8 Å². The van der Waals surface area contributed by atoms with Gasteiger partial charge in [0, 0.05) is 44.5 Å². The third kappa shape index (κ3) is 3.55. The summed E-state index contributed by atoms with van der Waals surface area (Å²) >= 11 is 0. The number of nitrogens with zero attached hydrogens (tertiary/aromatic N) is 3. The minimum atomic E-state index is -0.298. The smallest absolute Gasteiger partial charge is 0.230 e. The SMILES string of the molecule is O=C(CCc1ccccn1)N1CC[C@]2(CCCN(CC3CC3)C2=O)C1. The van der Waals surface area contributed by atoms with Gasteiger partial charge in [-0.3, -0.25) is 14.6 Å². The highest BCUT2D eigenvalue weighted by atomic mass is 16.2. The Kier molecular flexibility index (Phi) is 4.48. The van der Waals surface area contributed by atoms with Gasteiger partial charge in [0.05, 0.1) is 5.41 Å². The molecule has 1 aromatic heterocycles. The molecule has 1 aliphatic carbocycles. The topological polar surface area (TPSA) is 53.5 Å². The largest absolute Gasteiger partial charge is 0.342 e. The van der Waals surface area contributed by atoms with Gasteiger partial charge in [-0.15, -0.1) is 0 Å². The van der Waals surface area contributed by atoms with Crippen molar-refractivity contribution in [3.05, 3.63) is 30.1 Å². The van der Waals surface area contributed by atoms with E-state index >= 15 is 0 Å². The molecule has 5 heteroatoms. The fourth-order valence-electron chi connectivity index (χ4n) is 4.34. The molecule has 2 amide bonds. The van der Waals surface area contributed by atoms with Gasteiger partial charge in [-0.05, 0) is 56.6 Å². The van der Waals surface area contributed by atoms with Crippen LogP contribution in [0.5, 0.6) is 0 Å². The molecule has 0 bridgehead atoms. The molecule has 0 aromatic carbocycles. The molecule has 0 N–H and O–H groups in total. The van der Waals surface area contributed by atoms with E-state index in [4.69, 9.17) is 0 Å². The Morgan fingerprint density at radius 1 is 1.24 bits per heavy atom. The molecule has 0 radical (unpaired) electrons. The molecule has 1 spiro atoms. The molecule has 0 unspecified atom stereocenters. The van der Waals surface area contributed by atoms with E-state index in [-0.39, 0.29) is 11.3 Å². The molecule has 25 heavy (non-hydrogen) atoms. The average molecular weight is 341 g/mol. The average Bonchev–Trinajstić information content (AvgIpc) is 3.35. The summed E-state index contributed by atoms with van der Waals surface area (Å²) in [4.78, 5) is 33.9. The van der Waals surface area contributed by atoms with Crippen molar-refractivity contribution in [2.45, 2.75) is 44.9 Å². The fraction of sp³-hybridized carbons (Fsp3) is 0.650. The number of aromatic nitrogens is 1. The second-order valence-electron chi connectivity index (χ2n) is 7.96. The number of carbonyl (C=O) groups excluding carboxylic acids is 2. The van der Waals surface area contributed by atoms with E-state index in [9.17, 15) is 9.59 Å². The molecule has 4 rings (SSSR count). The Hall–Kier alpha value is -1.91. The first-order valence-corrected chi connectivity index (χ1v) is 9.63. The summed E-state index contributed by atoms with van der Waals surface area (Å²) in [5.41, 5.74) is 0.655. The summed E-state index contributed by atoms with van der Waals surface area (Å²) < 4.78 is 0. The first-order valence-electron chi connectivity index (χ1n) is 9.63. The summed E-state index contributed by atoms with van der Waals surface area (Å²) in [5, 5.41) is 0. The van der Waals surface area contributed by atoms with Crippen molar-refractivity contribution >= 4 is 11.8 Å². The van der Waals surface area contributed by atoms with Crippen LogP contribution in [0.4, 0.5) is 0 Å². The zero-order valence-corrected chi connectivity index (χ0v) is 14.8. The highest BCUT2D eigenvalue weighted by molar-refractivity contribution is 5.86. The van der Waals surface area contributed by atoms with Gasteiger partial charge in [0.25, 0.3) is 0 Å². The van der Waals surface area contributed by atoms with E-state index in [0.29, 0.717) is 25.3 Å². The van der Waals surface area contributed by atoms with Gasteiger partial charge < -0.3 is 9.80 Å². The Morgan fingerprint density at radius 3 is 2.88 bits per heavy atom. The lowest BCUT2D eigenvalue weighted by atomic mass is 9.78. The number of rotatable bonds is 5. The lowest BCUT2D eigenvalue weighted by Gasteiger charge is -2.39. The zero-order chi connectivity index (χ0) is 17.3. The molecule has 1 saturated carbocycles. The summed E-state index contributed by atoms with van der Waals surface area (Å²) in [7, 11) is 0. The Labute approximate surface area is 149 Å². The third-order valence-corrected chi connectivity index (χ3v) is 6.03. The number of hydrogen-bond acceptors (Lipinski definition) is 3. The van der Waals surface area contributed by atoms with Crippen molar-refractivity contribution in [1.29, 1.82) is 0 Å². The molecule has 2 aliphatic heterocycles. The van der Waals surface area contributed by atoms with Crippen molar-refractivity contribution in [3.63, 3.8) is 0 Å². The lowest BCUT2D eigenvalue weighted by molar-refractivity contribution is -0.146. The number of amides is 2. The van der Waals surface area contributed by atoms with E-state index in [2.05, 4.69) is 9.88 Å². The number of hydrogen-bond donors (Lipinski definition) is 0. The van der Waals surface area contributed by atoms with Crippen LogP contribution in [-0.2, 0) is 16.0 Å². The van der Waals surface area contributed by atoms with Crippen LogP contribution in [-0.4, -0.2) is 52.8 Å². The highest BCUT2D eigenvalue weighted by Crippen LogP contribution is 2.41. The molecule has 134 valence electrons. The standard InChI is InChI=1S/C20H27N3O2/c24-18(8-7-17-4-1-2-11-21-17)23-13-10-20(15-23)9-3-12-22(19(20)25)14-16-5-6-16/h1-2,4,11,16H,3,5-10,12-15H2/t20-/m1/s1. The van der Waals surface area contributed by atoms with Crippen LogP contribution < -0.4 is 0 Å². The number of carbonyl (C=O) groups is 2. The molecule has 5 nitrogen and oxygen atoms in total. The van der Waals surface area contributed by atoms with E-state index in [0.717, 1.165) is 50.5 Å². The lowest BCUT2D eigenvalue weighted by Crippen LogP contribution is -2.50. The first kappa shape index (κ1) is 16.6. The van der Waals surface area contributed by atoms with Gasteiger partial charge in [-0.1, -0.05) is 6.07 Å². The van der Waals surface area contributed by atoms with E-state index in [1.54, 1.807) is 6.20 Å². The fourth-order valence-corrected chi connectivity index (χ4v) is 4.34. The molecule has 1 aromatic rings. The van der Waals surface area contributed by atoms with Gasteiger partial charge in [-0.25, -0.2) is 0 Å². The van der Waals surface area contributed by atoms with Crippen LogP contribution in [0.2, 0.25) is 0 Å². The second-order valence-corrected chi connectivity index (χ2v) is 7.96. The first-order chi connectivity index (χ1) is 12.2. The summed E-state index contributed by atoms with van der Waals surface area (Å²) in [5.74, 6) is 1.21. The molecule has 1 atom stereocenters. The predicted octanol–water partition coefficient (Wildman–Crippen LogP) is 2.27. The minimum absolute atomic E-state index is 0.162. The quantitative estimate of drug-likeness (QED) is 0.825. The number of pyridine rings is 1. The van der Waals surface area contributed by atoms with Crippen LogP contribution in [0.1, 0.15) is 44.2 Å². The van der Waals surface area contributed by atoms with Crippen LogP contribution in [0, 0.1) is 11.3 Å². The number of aryl methyl sites for hydroxylation is 1. The Bertz CT molecular complexity index is 644. The van der Waals surface area contributed by atoms with Gasteiger partial charge in [0.15, 0.2) is 0 Å². The predicted molar refractivity (Wildman–Crippen MR) is 94.7 cm³/mol. The second kappa shape index (κ2) is 6.77. The highest BCUT2D eigenvalue weighted by Gasteiger charge is 2.49. The molecular weight excluding hydrogens is 314 g/mol. The Balaban J connectivity index is 1.34. The zero-order valence-electron chi connectivity index (χ0n) is 14.8. The maximum atomic E-state index is 13.0. The van der Waals surface area contributed by atoms with Crippen molar-refractivity contribution in [2.75, 3.05) is 26.2 Å². The van der Waals surface area contributed by atoms with Crippen LogP contribution in [0.3, 0.4) is 0 Å². The normalized spacial score (nSPS) is 26.5. The van der Waals surface area contributed by atoms with Crippen molar-refractivity contribution in [3.8, 4) is 0 Å². The maximum Gasteiger partial charge on any atom is 0.230 e. The minimum Gasteiger partial charge on any atom is -0.342 e. The van der Waals surface area contributed by atoms with Crippen LogP contribution in [0.15, 0.2) is 24.4 Å². The van der Waals surface area contributed by atoms with Gasteiger partial charge >= 0.3 is 0 Å². The Morgan fingerprint density at radius 2 is 2.12 bits per heavy atom. The molecule has 3 aliphatic rings. The van der Waals surface area contributed by atoms with Crippen molar-refractivity contribution in [1.82, 2.24) is 14.8 Å². The maximum absolute atomic E-state index is 13.0. The molecular formula is C20H27N3O2. The molecule has 2 saturated heterocycles. The number of piperidine rings is 1. The van der Waals surface area contributed by atoms with Crippen LogP contribution >= 0.6 is 0 Å². The summed E-state index contributed by atoms with van der Waals surface area (Å²) in [6.07, 6.45) is 8.31. The summed E-state index contributed by atoms with van der Waals surface area (Å²) in [6.45, 7) is 3.19. The van der Waals surface area contributed by atoms with Crippen molar-refractivity contribution < 1.29 is 9.59 Å². The molecule has 3 fully saturated rings. The van der Waals surface area contributed by atoms with Gasteiger partial charge in [0.1, 0.15) is 0 Å². The van der Waals surface area contributed by atoms with E-state index in [1.165, 1.54) is 12.8 Å². The van der Waals surface area contributed by atoms with Crippen molar-refractivity contribution in [2.24, 2.45) is 11.3 Å². The summed E-state index contributed by atoms with van der Waals surface area (Å²) in [6, 6.07) is 5.80. The third-order valence-electron chi connectivity index (χ3n) is 6.03. The van der Waals surface area contributed by atoms with Crippen LogP contribution in [0.25, 0.3) is 0 Å². The molecule has 3 heterocycles.